The van der Waals surface area contributed by atoms with E-state index in [1.165, 1.54) is 0 Å². The van der Waals surface area contributed by atoms with Crippen LogP contribution >= 0.6 is 15.9 Å². The van der Waals surface area contributed by atoms with Crippen molar-refractivity contribution in [3.63, 3.8) is 0 Å². The lowest BCUT2D eigenvalue weighted by molar-refractivity contribution is -0.139. The Morgan fingerprint density at radius 2 is 2.29 bits per heavy atom. The summed E-state index contributed by atoms with van der Waals surface area (Å²) in [5.41, 5.74) is 0.113. The van der Waals surface area contributed by atoms with Crippen LogP contribution in [0, 0.1) is 0 Å². The van der Waals surface area contributed by atoms with E-state index < -0.39 is 5.60 Å². The van der Waals surface area contributed by atoms with Gasteiger partial charge in [0.2, 0.25) is 0 Å². The normalized spacial score (nSPS) is 21.2. The van der Waals surface area contributed by atoms with Gasteiger partial charge in [-0.05, 0) is 48.0 Å². The highest BCUT2D eigenvalue weighted by atomic mass is 79.9. The second-order valence-electron chi connectivity index (χ2n) is 5.72. The van der Waals surface area contributed by atoms with E-state index in [0.717, 1.165) is 4.47 Å². The monoisotopic (exact) mass is 357 g/mol. The number of carbonyl (C=O) groups is 1. The number of halogens is 1. The van der Waals surface area contributed by atoms with Crippen LogP contribution in [-0.2, 0) is 4.74 Å². The average Bonchev–Trinajstić information content (AvgIpc) is 2.44. The summed E-state index contributed by atoms with van der Waals surface area (Å²) < 4.78 is 11.6. The van der Waals surface area contributed by atoms with Crippen LogP contribution in [0.4, 0.5) is 0 Å². The van der Waals surface area contributed by atoms with Crippen molar-refractivity contribution in [2.45, 2.75) is 25.6 Å². The minimum absolute atomic E-state index is 0.0758. The van der Waals surface area contributed by atoms with Gasteiger partial charge in [-0.3, -0.25) is 4.79 Å². The Balaban J connectivity index is 2.20. The maximum absolute atomic E-state index is 12.6. The Hall–Kier alpha value is -1.11. The zero-order valence-electron chi connectivity index (χ0n) is 12.4. The second-order valence-corrected chi connectivity index (χ2v) is 6.57. The van der Waals surface area contributed by atoms with Crippen molar-refractivity contribution in [2.24, 2.45) is 0 Å². The molecule has 1 aromatic carbocycles. The molecule has 1 atom stereocenters. The van der Waals surface area contributed by atoms with E-state index in [2.05, 4.69) is 15.9 Å². The van der Waals surface area contributed by atoms with E-state index >= 15 is 0 Å². The van der Waals surface area contributed by atoms with Gasteiger partial charge in [-0.25, -0.2) is 0 Å². The number of benzene rings is 1. The number of rotatable bonds is 3. The first-order valence-corrected chi connectivity index (χ1v) is 7.57. The van der Waals surface area contributed by atoms with Gasteiger partial charge in [0, 0.05) is 18.7 Å². The Morgan fingerprint density at radius 3 is 2.86 bits per heavy atom. The second kappa shape index (κ2) is 6.34. The van der Waals surface area contributed by atoms with Crippen molar-refractivity contribution in [1.29, 1.82) is 0 Å². The van der Waals surface area contributed by atoms with Crippen molar-refractivity contribution in [1.82, 2.24) is 4.90 Å². The maximum Gasteiger partial charge on any atom is 0.254 e. The van der Waals surface area contributed by atoms with Gasteiger partial charge in [0.05, 0.1) is 29.9 Å². The summed E-state index contributed by atoms with van der Waals surface area (Å²) in [4.78, 5) is 14.3. The Bertz CT molecular complexity index is 532. The van der Waals surface area contributed by atoms with Crippen molar-refractivity contribution < 1.29 is 19.4 Å². The number of aliphatic hydroxyl groups excluding tert-OH is 1. The summed E-state index contributed by atoms with van der Waals surface area (Å²) in [5.74, 6) is 0.607. The highest BCUT2D eigenvalue weighted by Gasteiger charge is 2.35. The molecule has 5 nitrogen and oxygen atoms in total. The Morgan fingerprint density at radius 1 is 1.57 bits per heavy atom. The highest BCUT2D eigenvalue weighted by molar-refractivity contribution is 9.10. The van der Waals surface area contributed by atoms with Gasteiger partial charge in [-0.1, -0.05) is 0 Å². The first kappa shape index (κ1) is 16.3. The molecule has 1 unspecified atom stereocenters. The lowest BCUT2D eigenvalue weighted by Crippen LogP contribution is -2.55. The van der Waals surface area contributed by atoms with Gasteiger partial charge < -0.3 is 19.5 Å². The molecule has 0 radical (unpaired) electrons. The number of morpholine rings is 1. The maximum atomic E-state index is 12.6. The Labute approximate surface area is 133 Å². The third-order valence-electron chi connectivity index (χ3n) is 3.37. The molecule has 6 heteroatoms. The van der Waals surface area contributed by atoms with Gasteiger partial charge in [0.15, 0.2) is 0 Å². The lowest BCUT2D eigenvalue weighted by Gasteiger charge is -2.42. The fourth-order valence-electron chi connectivity index (χ4n) is 2.53. The summed E-state index contributed by atoms with van der Waals surface area (Å²) in [6, 6.07) is 5.24. The van der Waals surface area contributed by atoms with E-state index in [1.54, 1.807) is 30.2 Å². The van der Waals surface area contributed by atoms with E-state index in [4.69, 9.17) is 9.47 Å². The number of carbonyl (C=O) groups excluding carboxylic acids is 1. The predicted molar refractivity (Wildman–Crippen MR) is 82.6 cm³/mol. The standard InChI is InChI=1S/C15H20BrNO4/c1-15(2)9-17(7-11(8-18)21-15)14(19)10-4-5-13(20-3)12(16)6-10/h4-6,11,18H,7-9H2,1-3H3. The number of ether oxygens (including phenoxy) is 2. The third-order valence-corrected chi connectivity index (χ3v) is 3.99. The SMILES string of the molecule is COc1ccc(C(=O)N2CC(CO)OC(C)(C)C2)cc1Br. The molecule has 1 saturated heterocycles. The smallest absolute Gasteiger partial charge is 0.254 e. The first-order chi connectivity index (χ1) is 9.86. The average molecular weight is 358 g/mol. The molecule has 0 spiro atoms. The quantitative estimate of drug-likeness (QED) is 0.899. The molecule has 0 saturated carbocycles. The van der Waals surface area contributed by atoms with Crippen LogP contribution in [-0.4, -0.2) is 54.4 Å². The predicted octanol–water partition coefficient (Wildman–Crippen LogP) is 2.07. The van der Waals surface area contributed by atoms with Crippen LogP contribution in [0.3, 0.4) is 0 Å². The zero-order valence-corrected chi connectivity index (χ0v) is 14.0. The van der Waals surface area contributed by atoms with E-state index in [0.29, 0.717) is 24.4 Å². The fourth-order valence-corrected chi connectivity index (χ4v) is 3.07. The van der Waals surface area contributed by atoms with Gasteiger partial charge in [-0.15, -0.1) is 0 Å². The number of nitrogens with zero attached hydrogens (tertiary/aromatic N) is 1. The molecule has 1 aromatic rings. The van der Waals surface area contributed by atoms with E-state index in [1.807, 2.05) is 13.8 Å². The highest BCUT2D eigenvalue weighted by Crippen LogP contribution is 2.27. The van der Waals surface area contributed by atoms with Gasteiger partial charge >= 0.3 is 0 Å². The number of amides is 1. The lowest BCUT2D eigenvalue weighted by atomic mass is 10.0. The summed E-state index contributed by atoms with van der Waals surface area (Å²) in [5, 5.41) is 9.32. The molecular formula is C15H20BrNO4. The molecule has 1 amide bonds. The van der Waals surface area contributed by atoms with Crippen LogP contribution in [0.15, 0.2) is 22.7 Å². The third kappa shape index (κ3) is 3.75. The molecule has 1 aliphatic rings. The van der Waals surface area contributed by atoms with Crippen molar-refractivity contribution in [2.75, 3.05) is 26.8 Å². The molecule has 2 rings (SSSR count). The van der Waals surface area contributed by atoms with Crippen LogP contribution in [0.5, 0.6) is 5.75 Å². The number of hydrogen-bond donors (Lipinski definition) is 1. The topological polar surface area (TPSA) is 59.0 Å². The summed E-state index contributed by atoms with van der Waals surface area (Å²) >= 11 is 3.39. The summed E-state index contributed by atoms with van der Waals surface area (Å²) in [6.07, 6.45) is -0.348. The molecule has 0 bridgehead atoms. The Kier molecular flexibility index (Phi) is 4.91. The fraction of sp³-hybridized carbons (Fsp3) is 0.533. The first-order valence-electron chi connectivity index (χ1n) is 6.78. The molecule has 1 fully saturated rings. The molecule has 1 N–H and O–H groups in total. The van der Waals surface area contributed by atoms with Crippen LogP contribution in [0.2, 0.25) is 0 Å². The van der Waals surface area contributed by atoms with E-state index in [9.17, 15) is 9.90 Å². The summed E-state index contributed by atoms with van der Waals surface area (Å²) in [7, 11) is 1.58. The molecule has 116 valence electrons. The van der Waals surface area contributed by atoms with Gasteiger partial charge in [0.1, 0.15) is 5.75 Å². The number of methoxy groups -OCH3 is 1. The van der Waals surface area contributed by atoms with Gasteiger partial charge in [0.25, 0.3) is 5.91 Å². The van der Waals surface area contributed by atoms with Crippen LogP contribution in [0.1, 0.15) is 24.2 Å². The summed E-state index contributed by atoms with van der Waals surface area (Å²) in [6.45, 7) is 4.62. The van der Waals surface area contributed by atoms with E-state index in [-0.39, 0.29) is 18.6 Å². The molecule has 0 aromatic heterocycles. The molecule has 1 aliphatic heterocycles. The van der Waals surface area contributed by atoms with Crippen LogP contribution < -0.4 is 4.74 Å². The minimum atomic E-state index is -0.467. The zero-order chi connectivity index (χ0) is 15.6. The number of aliphatic hydroxyl groups is 1. The van der Waals surface area contributed by atoms with Crippen molar-refractivity contribution >= 4 is 21.8 Å². The minimum Gasteiger partial charge on any atom is -0.496 e. The largest absolute Gasteiger partial charge is 0.496 e. The van der Waals surface area contributed by atoms with Crippen molar-refractivity contribution in [3.8, 4) is 5.75 Å². The number of hydrogen-bond acceptors (Lipinski definition) is 4. The van der Waals surface area contributed by atoms with Gasteiger partial charge in [-0.2, -0.15) is 0 Å². The van der Waals surface area contributed by atoms with Crippen molar-refractivity contribution in [3.05, 3.63) is 28.2 Å². The molecule has 21 heavy (non-hydrogen) atoms. The molecule has 1 heterocycles. The molecular weight excluding hydrogens is 338 g/mol. The van der Waals surface area contributed by atoms with Crippen LogP contribution in [0.25, 0.3) is 0 Å². The molecule has 0 aliphatic carbocycles.